The molecule has 1 aromatic heterocycles. The third-order valence-electron chi connectivity index (χ3n) is 2.46. The van der Waals surface area contributed by atoms with Gasteiger partial charge < -0.3 is 5.32 Å². The maximum Gasteiger partial charge on any atom is 0.0603 e. The molecule has 70 valence electrons. The molecule has 1 aliphatic heterocycles. The van der Waals surface area contributed by atoms with Gasteiger partial charge in [-0.15, -0.1) is 0 Å². The van der Waals surface area contributed by atoms with Crippen LogP contribution in [0.25, 0.3) is 6.08 Å². The van der Waals surface area contributed by atoms with Gasteiger partial charge in [-0.3, -0.25) is 4.68 Å². The van der Waals surface area contributed by atoms with Crippen molar-refractivity contribution < 1.29 is 0 Å². The molecule has 0 spiro atoms. The van der Waals surface area contributed by atoms with E-state index >= 15 is 0 Å². The quantitative estimate of drug-likeness (QED) is 0.735. The Kier molecular flexibility index (Phi) is 2.45. The number of rotatable bonds is 2. The molecule has 0 bridgehead atoms. The summed E-state index contributed by atoms with van der Waals surface area (Å²) in [6.07, 6.45) is 8.73. The molecule has 0 aromatic carbocycles. The molecule has 2 heterocycles. The SMILES string of the molecule is Cn1nccc1/C=C/C1CCCN1. The van der Waals surface area contributed by atoms with Crippen molar-refractivity contribution in [3.05, 3.63) is 24.0 Å². The minimum atomic E-state index is 0.565. The van der Waals surface area contributed by atoms with Crippen molar-refractivity contribution in [1.82, 2.24) is 15.1 Å². The van der Waals surface area contributed by atoms with Gasteiger partial charge in [0.1, 0.15) is 0 Å². The molecule has 1 fully saturated rings. The van der Waals surface area contributed by atoms with E-state index in [0.717, 1.165) is 12.2 Å². The number of aromatic nitrogens is 2. The summed E-state index contributed by atoms with van der Waals surface area (Å²) in [5, 5.41) is 7.53. The average Bonchev–Trinajstić information content (AvgIpc) is 2.72. The molecule has 1 atom stereocenters. The lowest BCUT2D eigenvalue weighted by Crippen LogP contribution is -2.18. The third-order valence-corrected chi connectivity index (χ3v) is 2.46. The molecule has 13 heavy (non-hydrogen) atoms. The first-order chi connectivity index (χ1) is 6.36. The summed E-state index contributed by atoms with van der Waals surface area (Å²) in [7, 11) is 1.96. The van der Waals surface area contributed by atoms with Crippen LogP contribution >= 0.6 is 0 Å². The van der Waals surface area contributed by atoms with E-state index in [1.54, 1.807) is 0 Å². The second-order valence-corrected chi connectivity index (χ2v) is 3.44. The van der Waals surface area contributed by atoms with Gasteiger partial charge in [-0.2, -0.15) is 5.10 Å². The molecule has 1 saturated heterocycles. The minimum absolute atomic E-state index is 0.565. The van der Waals surface area contributed by atoms with Crippen molar-refractivity contribution >= 4 is 6.08 Å². The van der Waals surface area contributed by atoms with Crippen molar-refractivity contribution in [3.63, 3.8) is 0 Å². The lowest BCUT2D eigenvalue weighted by atomic mass is 10.2. The summed E-state index contributed by atoms with van der Waals surface area (Å²) < 4.78 is 1.88. The summed E-state index contributed by atoms with van der Waals surface area (Å²) in [5.74, 6) is 0. The zero-order valence-electron chi connectivity index (χ0n) is 7.90. The Balaban J connectivity index is 2.00. The van der Waals surface area contributed by atoms with Gasteiger partial charge in [0.25, 0.3) is 0 Å². The van der Waals surface area contributed by atoms with Gasteiger partial charge in [-0.1, -0.05) is 6.08 Å². The number of nitrogens with zero attached hydrogens (tertiary/aromatic N) is 2. The number of hydrogen-bond acceptors (Lipinski definition) is 2. The molecule has 1 aromatic rings. The average molecular weight is 177 g/mol. The summed E-state index contributed by atoms with van der Waals surface area (Å²) in [4.78, 5) is 0. The van der Waals surface area contributed by atoms with Crippen LogP contribution in [-0.2, 0) is 7.05 Å². The van der Waals surface area contributed by atoms with E-state index in [1.807, 2.05) is 24.0 Å². The zero-order valence-corrected chi connectivity index (χ0v) is 7.90. The number of nitrogens with one attached hydrogen (secondary N) is 1. The molecule has 0 radical (unpaired) electrons. The number of hydrogen-bond donors (Lipinski definition) is 1. The lowest BCUT2D eigenvalue weighted by Gasteiger charge is -2.01. The Morgan fingerprint density at radius 2 is 2.62 bits per heavy atom. The van der Waals surface area contributed by atoms with Crippen LogP contribution < -0.4 is 5.32 Å². The first-order valence-electron chi connectivity index (χ1n) is 4.76. The molecule has 1 N–H and O–H groups in total. The summed E-state index contributed by atoms with van der Waals surface area (Å²) in [5.41, 5.74) is 1.16. The fourth-order valence-electron chi connectivity index (χ4n) is 1.64. The van der Waals surface area contributed by atoms with Crippen molar-refractivity contribution in [2.75, 3.05) is 6.54 Å². The third kappa shape index (κ3) is 1.98. The monoisotopic (exact) mass is 177 g/mol. The van der Waals surface area contributed by atoms with Crippen LogP contribution in [0.3, 0.4) is 0 Å². The predicted molar refractivity (Wildman–Crippen MR) is 53.3 cm³/mol. The lowest BCUT2D eigenvalue weighted by molar-refractivity contribution is 0.727. The van der Waals surface area contributed by atoms with Gasteiger partial charge in [0.15, 0.2) is 0 Å². The molecule has 3 nitrogen and oxygen atoms in total. The first-order valence-corrected chi connectivity index (χ1v) is 4.76. The second kappa shape index (κ2) is 3.75. The zero-order chi connectivity index (χ0) is 9.10. The molecule has 0 saturated carbocycles. The van der Waals surface area contributed by atoms with Crippen LogP contribution in [0, 0.1) is 0 Å². The highest BCUT2D eigenvalue weighted by Gasteiger charge is 2.09. The van der Waals surface area contributed by atoms with Gasteiger partial charge in [0.05, 0.1) is 5.69 Å². The minimum Gasteiger partial charge on any atom is -0.311 e. The van der Waals surface area contributed by atoms with Gasteiger partial charge in [-0.25, -0.2) is 0 Å². The van der Waals surface area contributed by atoms with Crippen molar-refractivity contribution in [1.29, 1.82) is 0 Å². The van der Waals surface area contributed by atoms with Gasteiger partial charge >= 0.3 is 0 Å². The molecular weight excluding hydrogens is 162 g/mol. The maximum absolute atomic E-state index is 4.11. The van der Waals surface area contributed by atoms with Crippen LogP contribution in [0.4, 0.5) is 0 Å². The Morgan fingerprint density at radius 1 is 1.69 bits per heavy atom. The molecule has 2 rings (SSSR count). The Morgan fingerprint density at radius 3 is 3.23 bits per heavy atom. The van der Waals surface area contributed by atoms with E-state index < -0.39 is 0 Å². The van der Waals surface area contributed by atoms with Gasteiger partial charge in [0, 0.05) is 19.3 Å². The van der Waals surface area contributed by atoms with Crippen LogP contribution in [0.15, 0.2) is 18.3 Å². The van der Waals surface area contributed by atoms with E-state index in [2.05, 4.69) is 22.6 Å². The summed E-state index contributed by atoms with van der Waals surface area (Å²) >= 11 is 0. The first kappa shape index (κ1) is 8.51. The summed E-state index contributed by atoms with van der Waals surface area (Å²) in [6.45, 7) is 1.15. The van der Waals surface area contributed by atoms with E-state index in [9.17, 15) is 0 Å². The Hall–Kier alpha value is -1.09. The highest BCUT2D eigenvalue weighted by atomic mass is 15.2. The summed E-state index contributed by atoms with van der Waals surface area (Å²) in [6, 6.07) is 2.58. The van der Waals surface area contributed by atoms with E-state index in [1.165, 1.54) is 12.8 Å². The topological polar surface area (TPSA) is 29.9 Å². The van der Waals surface area contributed by atoms with Crippen LogP contribution in [0.2, 0.25) is 0 Å². The van der Waals surface area contributed by atoms with Crippen LogP contribution in [0.5, 0.6) is 0 Å². The van der Waals surface area contributed by atoms with Gasteiger partial charge in [-0.05, 0) is 31.5 Å². The molecule has 0 aliphatic carbocycles. The van der Waals surface area contributed by atoms with E-state index in [4.69, 9.17) is 0 Å². The van der Waals surface area contributed by atoms with Crippen LogP contribution in [-0.4, -0.2) is 22.4 Å². The Labute approximate surface area is 78.4 Å². The van der Waals surface area contributed by atoms with Crippen molar-refractivity contribution in [2.45, 2.75) is 18.9 Å². The van der Waals surface area contributed by atoms with Gasteiger partial charge in [0.2, 0.25) is 0 Å². The smallest absolute Gasteiger partial charge is 0.0603 e. The fraction of sp³-hybridized carbons (Fsp3) is 0.500. The maximum atomic E-state index is 4.11. The highest BCUT2D eigenvalue weighted by Crippen LogP contribution is 2.08. The molecule has 0 amide bonds. The number of aryl methyl sites for hydroxylation is 1. The van der Waals surface area contributed by atoms with E-state index in [-0.39, 0.29) is 0 Å². The molecule has 1 unspecified atom stereocenters. The molecule has 3 heteroatoms. The van der Waals surface area contributed by atoms with E-state index in [0.29, 0.717) is 6.04 Å². The van der Waals surface area contributed by atoms with Crippen LogP contribution in [0.1, 0.15) is 18.5 Å². The highest BCUT2D eigenvalue weighted by molar-refractivity contribution is 5.45. The molecular formula is C10H15N3. The molecule has 1 aliphatic rings. The van der Waals surface area contributed by atoms with Crippen molar-refractivity contribution in [3.8, 4) is 0 Å². The standard InChI is InChI=1S/C10H15N3/c1-13-10(6-8-12-13)5-4-9-3-2-7-11-9/h4-6,8-9,11H,2-3,7H2,1H3/b5-4+. The Bertz CT molecular complexity index is 295. The normalized spacial score (nSPS) is 23.0. The largest absolute Gasteiger partial charge is 0.311 e. The predicted octanol–water partition coefficient (Wildman–Crippen LogP) is 1.19. The fourth-order valence-corrected chi connectivity index (χ4v) is 1.64. The van der Waals surface area contributed by atoms with Crippen molar-refractivity contribution in [2.24, 2.45) is 7.05 Å². The second-order valence-electron chi connectivity index (χ2n) is 3.44.